The molecule has 1 heterocycles. The van der Waals surface area contributed by atoms with Gasteiger partial charge in [-0.15, -0.1) is 0 Å². The molecule has 0 saturated carbocycles. The number of benzene rings is 2. The van der Waals surface area contributed by atoms with Gasteiger partial charge in [0.15, 0.2) is 0 Å². The number of nitrogens with one attached hydrogen (secondary N) is 1. The number of rotatable bonds is 2. The van der Waals surface area contributed by atoms with Crippen molar-refractivity contribution >= 4 is 21.8 Å². The van der Waals surface area contributed by atoms with Gasteiger partial charge < -0.3 is 10.1 Å². The van der Waals surface area contributed by atoms with Gasteiger partial charge in [0.2, 0.25) is 0 Å². The molecule has 0 bridgehead atoms. The lowest BCUT2D eigenvalue weighted by molar-refractivity contribution is 0.0924. The third-order valence-corrected chi connectivity index (χ3v) is 4.07. The normalized spacial score (nSPS) is 16.9. The van der Waals surface area contributed by atoms with Crippen LogP contribution in [-0.2, 0) is 0 Å². The van der Waals surface area contributed by atoms with Gasteiger partial charge >= 0.3 is 0 Å². The van der Waals surface area contributed by atoms with Crippen molar-refractivity contribution in [1.29, 1.82) is 0 Å². The zero-order valence-electron chi connectivity index (χ0n) is 10.8. The highest BCUT2D eigenvalue weighted by molar-refractivity contribution is 9.10. The summed E-state index contributed by atoms with van der Waals surface area (Å²) in [4.78, 5) is 12.4. The molecule has 1 aliphatic heterocycles. The maximum absolute atomic E-state index is 12.4. The zero-order valence-corrected chi connectivity index (χ0v) is 12.4. The minimum Gasteiger partial charge on any atom is -0.493 e. The molecule has 1 N–H and O–H groups in total. The minimum absolute atomic E-state index is 0.000411. The Morgan fingerprint density at radius 1 is 1.15 bits per heavy atom. The van der Waals surface area contributed by atoms with Crippen molar-refractivity contribution in [2.45, 2.75) is 12.5 Å². The van der Waals surface area contributed by atoms with E-state index in [0.29, 0.717) is 12.2 Å². The van der Waals surface area contributed by atoms with Crippen LogP contribution in [0.15, 0.2) is 53.0 Å². The summed E-state index contributed by atoms with van der Waals surface area (Å²) in [5.41, 5.74) is 1.69. The molecular formula is C16H14BrNO2. The third kappa shape index (κ3) is 2.56. The van der Waals surface area contributed by atoms with Gasteiger partial charge in [0, 0.05) is 16.5 Å². The van der Waals surface area contributed by atoms with Crippen LogP contribution in [0.5, 0.6) is 5.75 Å². The second kappa shape index (κ2) is 5.67. The molecule has 4 heteroatoms. The lowest BCUT2D eigenvalue weighted by Crippen LogP contribution is -2.32. The van der Waals surface area contributed by atoms with Gasteiger partial charge in [-0.25, -0.2) is 0 Å². The molecule has 1 atom stereocenters. The number of carbonyl (C=O) groups is 1. The highest BCUT2D eigenvalue weighted by Gasteiger charge is 2.23. The Hall–Kier alpha value is -1.81. The Bertz CT molecular complexity index is 642. The van der Waals surface area contributed by atoms with Gasteiger partial charge in [-0.1, -0.05) is 30.3 Å². The first-order valence-corrected chi connectivity index (χ1v) is 7.32. The van der Waals surface area contributed by atoms with Crippen LogP contribution in [0.3, 0.4) is 0 Å². The molecule has 102 valence electrons. The van der Waals surface area contributed by atoms with Gasteiger partial charge in [-0.05, 0) is 34.1 Å². The number of hydrogen-bond acceptors (Lipinski definition) is 2. The fourth-order valence-electron chi connectivity index (χ4n) is 2.37. The van der Waals surface area contributed by atoms with Crippen LogP contribution in [0.4, 0.5) is 0 Å². The molecule has 0 spiro atoms. The number of ether oxygens (including phenoxy) is 1. The van der Waals surface area contributed by atoms with E-state index in [1.165, 1.54) is 0 Å². The van der Waals surface area contributed by atoms with Crippen LogP contribution >= 0.6 is 15.9 Å². The van der Waals surface area contributed by atoms with Crippen molar-refractivity contribution < 1.29 is 9.53 Å². The SMILES string of the molecule is O=C(N[C@H]1CCOc2ccccc21)c1ccccc1Br. The Labute approximate surface area is 126 Å². The van der Waals surface area contributed by atoms with E-state index < -0.39 is 0 Å². The molecule has 0 unspecified atom stereocenters. The quantitative estimate of drug-likeness (QED) is 0.911. The van der Waals surface area contributed by atoms with Crippen LogP contribution in [0.25, 0.3) is 0 Å². The Kier molecular flexibility index (Phi) is 3.74. The molecular weight excluding hydrogens is 318 g/mol. The van der Waals surface area contributed by atoms with E-state index in [-0.39, 0.29) is 11.9 Å². The second-order valence-corrected chi connectivity index (χ2v) is 5.54. The van der Waals surface area contributed by atoms with Crippen molar-refractivity contribution in [3.63, 3.8) is 0 Å². The molecule has 3 rings (SSSR count). The Balaban J connectivity index is 1.83. The lowest BCUT2D eigenvalue weighted by Gasteiger charge is -2.26. The summed E-state index contributed by atoms with van der Waals surface area (Å²) in [7, 11) is 0. The minimum atomic E-state index is -0.0702. The highest BCUT2D eigenvalue weighted by Crippen LogP contribution is 2.31. The van der Waals surface area contributed by atoms with E-state index in [4.69, 9.17) is 4.74 Å². The van der Waals surface area contributed by atoms with Crippen molar-refractivity contribution in [2.75, 3.05) is 6.61 Å². The first-order valence-electron chi connectivity index (χ1n) is 6.53. The molecule has 0 radical (unpaired) electrons. The van der Waals surface area contributed by atoms with Crippen molar-refractivity contribution in [3.05, 3.63) is 64.1 Å². The van der Waals surface area contributed by atoms with Gasteiger partial charge in [0.25, 0.3) is 5.91 Å². The summed E-state index contributed by atoms with van der Waals surface area (Å²) in [6.07, 6.45) is 0.785. The third-order valence-electron chi connectivity index (χ3n) is 3.38. The second-order valence-electron chi connectivity index (χ2n) is 4.68. The summed E-state index contributed by atoms with van der Waals surface area (Å²) in [5, 5.41) is 3.08. The average Bonchev–Trinajstić information content (AvgIpc) is 2.48. The van der Waals surface area contributed by atoms with E-state index >= 15 is 0 Å². The summed E-state index contributed by atoms with van der Waals surface area (Å²) >= 11 is 3.41. The van der Waals surface area contributed by atoms with Crippen LogP contribution < -0.4 is 10.1 Å². The Morgan fingerprint density at radius 2 is 1.90 bits per heavy atom. The van der Waals surface area contributed by atoms with Gasteiger partial charge in [0.05, 0.1) is 18.2 Å². The van der Waals surface area contributed by atoms with Crippen LogP contribution in [-0.4, -0.2) is 12.5 Å². The summed E-state index contributed by atoms with van der Waals surface area (Å²) in [6, 6.07) is 15.3. The van der Waals surface area contributed by atoms with Gasteiger partial charge in [-0.3, -0.25) is 4.79 Å². The molecule has 0 saturated heterocycles. The van der Waals surface area contributed by atoms with E-state index in [2.05, 4.69) is 21.2 Å². The number of halogens is 1. The molecule has 0 fully saturated rings. The number of amides is 1. The molecule has 1 amide bonds. The van der Waals surface area contributed by atoms with Crippen molar-refractivity contribution in [3.8, 4) is 5.75 Å². The van der Waals surface area contributed by atoms with Gasteiger partial charge in [-0.2, -0.15) is 0 Å². The molecule has 0 aliphatic carbocycles. The summed E-state index contributed by atoms with van der Waals surface area (Å²) in [5.74, 6) is 0.787. The maximum atomic E-state index is 12.4. The number of carbonyl (C=O) groups excluding carboxylic acids is 1. The maximum Gasteiger partial charge on any atom is 0.252 e. The van der Waals surface area contributed by atoms with Crippen molar-refractivity contribution in [1.82, 2.24) is 5.32 Å². The lowest BCUT2D eigenvalue weighted by atomic mass is 10.00. The van der Waals surface area contributed by atoms with Crippen LogP contribution in [0, 0.1) is 0 Å². The zero-order chi connectivity index (χ0) is 13.9. The highest BCUT2D eigenvalue weighted by atomic mass is 79.9. The molecule has 20 heavy (non-hydrogen) atoms. The predicted octanol–water partition coefficient (Wildman–Crippen LogP) is 3.70. The fourth-order valence-corrected chi connectivity index (χ4v) is 2.84. The predicted molar refractivity (Wildman–Crippen MR) is 80.9 cm³/mol. The standard InChI is InChI=1S/C16H14BrNO2/c17-13-7-3-1-5-11(13)16(19)18-14-9-10-20-15-8-4-2-6-12(14)15/h1-8,14H,9-10H2,(H,18,19)/t14-/m0/s1. The monoisotopic (exact) mass is 331 g/mol. The number of fused-ring (bicyclic) bond motifs is 1. The van der Waals surface area contributed by atoms with Crippen LogP contribution in [0.2, 0.25) is 0 Å². The summed E-state index contributed by atoms with van der Waals surface area (Å²) in [6.45, 7) is 0.623. The topological polar surface area (TPSA) is 38.3 Å². The van der Waals surface area contributed by atoms with Gasteiger partial charge in [0.1, 0.15) is 5.75 Å². The van der Waals surface area contributed by atoms with Crippen molar-refractivity contribution in [2.24, 2.45) is 0 Å². The number of hydrogen-bond donors (Lipinski definition) is 1. The van der Waals surface area contributed by atoms with Crippen LogP contribution in [0.1, 0.15) is 28.4 Å². The van der Waals surface area contributed by atoms with E-state index in [1.54, 1.807) is 0 Å². The summed E-state index contributed by atoms with van der Waals surface area (Å²) < 4.78 is 6.41. The van der Waals surface area contributed by atoms with E-state index in [1.807, 2.05) is 48.5 Å². The molecule has 0 aromatic heterocycles. The molecule has 1 aliphatic rings. The molecule has 2 aromatic rings. The molecule has 2 aromatic carbocycles. The first-order chi connectivity index (χ1) is 9.75. The molecule has 3 nitrogen and oxygen atoms in total. The smallest absolute Gasteiger partial charge is 0.252 e. The number of para-hydroxylation sites is 1. The fraction of sp³-hybridized carbons (Fsp3) is 0.188. The van der Waals surface area contributed by atoms with E-state index in [9.17, 15) is 4.79 Å². The Morgan fingerprint density at radius 3 is 2.75 bits per heavy atom. The average molecular weight is 332 g/mol. The first kappa shape index (κ1) is 13.2. The van der Waals surface area contributed by atoms with E-state index in [0.717, 1.165) is 22.2 Å². The largest absolute Gasteiger partial charge is 0.493 e.